The van der Waals surface area contributed by atoms with E-state index in [1.807, 2.05) is 6.92 Å². The number of nitrogens with one attached hydrogen (secondary N) is 1. The van der Waals surface area contributed by atoms with Gasteiger partial charge in [0.05, 0.1) is 10.6 Å². The maximum absolute atomic E-state index is 5.40. The Morgan fingerprint density at radius 2 is 2.44 bits per heavy atom. The lowest BCUT2D eigenvalue weighted by Gasteiger charge is -1.88. The van der Waals surface area contributed by atoms with Crippen molar-refractivity contribution < 1.29 is 0 Å². The van der Waals surface area contributed by atoms with Gasteiger partial charge in [-0.2, -0.15) is 5.10 Å². The number of aromatic amines is 1. The van der Waals surface area contributed by atoms with Crippen LogP contribution in [-0.2, 0) is 6.42 Å². The normalized spacial score (nSPS) is 10.0. The first kappa shape index (κ1) is 6.48. The van der Waals surface area contributed by atoms with E-state index in [2.05, 4.69) is 22.8 Å². The Morgan fingerprint density at radius 3 is 2.67 bits per heavy atom. The van der Waals surface area contributed by atoms with E-state index < -0.39 is 0 Å². The lowest BCUT2D eigenvalue weighted by atomic mass is 10.3. The van der Waals surface area contributed by atoms with E-state index in [1.54, 1.807) is 0 Å². The molecule has 0 aliphatic heterocycles. The topological polar surface area (TPSA) is 54.7 Å². The highest BCUT2D eigenvalue weighted by molar-refractivity contribution is 7.80. The minimum Gasteiger partial charge on any atom is -0.381 e. The van der Waals surface area contributed by atoms with Crippen molar-refractivity contribution in [1.82, 2.24) is 10.2 Å². The Morgan fingerprint density at radius 1 is 1.78 bits per heavy atom. The van der Waals surface area contributed by atoms with Gasteiger partial charge in [-0.05, 0) is 6.42 Å². The van der Waals surface area contributed by atoms with E-state index >= 15 is 0 Å². The van der Waals surface area contributed by atoms with Crippen LogP contribution in [0.1, 0.15) is 12.6 Å². The van der Waals surface area contributed by atoms with Crippen LogP contribution in [0.4, 0.5) is 5.82 Å². The van der Waals surface area contributed by atoms with Crippen molar-refractivity contribution in [2.24, 2.45) is 0 Å². The van der Waals surface area contributed by atoms with Crippen molar-refractivity contribution in [3.8, 4) is 0 Å². The van der Waals surface area contributed by atoms with E-state index in [1.165, 1.54) is 0 Å². The first-order chi connectivity index (χ1) is 4.25. The Kier molecular flexibility index (Phi) is 1.66. The number of nitrogens with two attached hydrogens (primary N) is 1. The van der Waals surface area contributed by atoms with Gasteiger partial charge in [0, 0.05) is 0 Å². The highest BCUT2D eigenvalue weighted by atomic mass is 32.1. The SMILES string of the molecule is CCc1[nH]nc(N)c1S. The van der Waals surface area contributed by atoms with Crippen molar-refractivity contribution in [3.05, 3.63) is 5.69 Å². The Hall–Kier alpha value is -0.640. The van der Waals surface area contributed by atoms with E-state index in [0.717, 1.165) is 17.0 Å². The molecule has 9 heavy (non-hydrogen) atoms. The molecule has 0 amide bonds. The summed E-state index contributed by atoms with van der Waals surface area (Å²) in [6.07, 6.45) is 0.892. The predicted molar refractivity (Wildman–Crippen MR) is 39.6 cm³/mol. The van der Waals surface area contributed by atoms with Gasteiger partial charge in [0.15, 0.2) is 5.82 Å². The molecular weight excluding hydrogens is 134 g/mol. The zero-order valence-electron chi connectivity index (χ0n) is 5.18. The number of nitrogens with zero attached hydrogens (tertiary/aromatic N) is 1. The summed E-state index contributed by atoms with van der Waals surface area (Å²) in [5, 5.41) is 6.54. The average Bonchev–Trinajstić information content (AvgIpc) is 2.15. The van der Waals surface area contributed by atoms with Gasteiger partial charge in [-0.15, -0.1) is 12.6 Å². The van der Waals surface area contributed by atoms with Crippen LogP contribution in [0.5, 0.6) is 0 Å². The van der Waals surface area contributed by atoms with Crippen molar-refractivity contribution in [2.75, 3.05) is 5.73 Å². The molecule has 0 atom stereocenters. The summed E-state index contributed by atoms with van der Waals surface area (Å²) in [5.41, 5.74) is 6.39. The minimum atomic E-state index is 0.482. The van der Waals surface area contributed by atoms with Gasteiger partial charge >= 0.3 is 0 Å². The maximum Gasteiger partial charge on any atom is 0.158 e. The molecular formula is C5H9N3S. The molecule has 1 rings (SSSR count). The highest BCUT2D eigenvalue weighted by Crippen LogP contribution is 2.17. The predicted octanol–water partition coefficient (Wildman–Crippen LogP) is 0.843. The fourth-order valence-electron chi connectivity index (χ4n) is 0.635. The lowest BCUT2D eigenvalue weighted by Crippen LogP contribution is -1.84. The molecule has 0 radical (unpaired) electrons. The van der Waals surface area contributed by atoms with Gasteiger partial charge in [0.2, 0.25) is 0 Å². The van der Waals surface area contributed by atoms with E-state index in [4.69, 9.17) is 5.73 Å². The van der Waals surface area contributed by atoms with E-state index in [9.17, 15) is 0 Å². The van der Waals surface area contributed by atoms with Crippen molar-refractivity contribution in [3.63, 3.8) is 0 Å². The zero-order chi connectivity index (χ0) is 6.85. The number of nitrogen functional groups attached to an aromatic ring is 1. The summed E-state index contributed by atoms with van der Waals surface area (Å²) in [4.78, 5) is 0.775. The van der Waals surface area contributed by atoms with Gasteiger partial charge < -0.3 is 5.73 Å². The largest absolute Gasteiger partial charge is 0.381 e. The van der Waals surface area contributed by atoms with Crippen molar-refractivity contribution in [2.45, 2.75) is 18.2 Å². The van der Waals surface area contributed by atoms with E-state index in [-0.39, 0.29) is 0 Å². The molecule has 0 saturated heterocycles. The number of anilines is 1. The molecule has 0 fully saturated rings. The monoisotopic (exact) mass is 143 g/mol. The minimum absolute atomic E-state index is 0.482. The van der Waals surface area contributed by atoms with Gasteiger partial charge in [0.1, 0.15) is 0 Å². The molecule has 1 heterocycles. The molecule has 1 aromatic rings. The summed E-state index contributed by atoms with van der Waals surface area (Å²) < 4.78 is 0. The number of hydrogen-bond donors (Lipinski definition) is 3. The summed E-state index contributed by atoms with van der Waals surface area (Å²) in [5.74, 6) is 0.482. The standard InChI is InChI=1S/C5H9N3S/c1-2-3-4(9)5(6)8-7-3/h9H,2H2,1H3,(H3,6,7,8). The van der Waals surface area contributed by atoms with Crippen LogP contribution in [0.25, 0.3) is 0 Å². The molecule has 0 aromatic carbocycles. The fourth-order valence-corrected chi connectivity index (χ4v) is 0.893. The number of thiol groups is 1. The second-order valence-electron chi connectivity index (χ2n) is 1.79. The van der Waals surface area contributed by atoms with Crippen molar-refractivity contribution >= 4 is 18.4 Å². The Balaban J connectivity index is 3.04. The smallest absolute Gasteiger partial charge is 0.158 e. The molecule has 0 aliphatic carbocycles. The van der Waals surface area contributed by atoms with Crippen LogP contribution in [0.2, 0.25) is 0 Å². The number of aromatic nitrogens is 2. The molecule has 1 aromatic heterocycles. The van der Waals surface area contributed by atoms with Crippen LogP contribution < -0.4 is 5.73 Å². The summed E-state index contributed by atoms with van der Waals surface area (Å²) in [7, 11) is 0. The van der Waals surface area contributed by atoms with Crippen LogP contribution in [0.15, 0.2) is 4.90 Å². The molecule has 50 valence electrons. The van der Waals surface area contributed by atoms with Crippen LogP contribution in [-0.4, -0.2) is 10.2 Å². The molecule has 3 nitrogen and oxygen atoms in total. The number of H-pyrrole nitrogens is 1. The average molecular weight is 143 g/mol. The number of rotatable bonds is 1. The third-order valence-corrected chi connectivity index (χ3v) is 1.69. The van der Waals surface area contributed by atoms with Crippen LogP contribution in [0.3, 0.4) is 0 Å². The summed E-state index contributed by atoms with van der Waals surface area (Å²) in [6, 6.07) is 0. The van der Waals surface area contributed by atoms with Gasteiger partial charge in [0.25, 0.3) is 0 Å². The third-order valence-electron chi connectivity index (χ3n) is 1.19. The molecule has 0 saturated carbocycles. The van der Waals surface area contributed by atoms with E-state index in [0.29, 0.717) is 5.82 Å². The summed E-state index contributed by atoms with van der Waals surface area (Å²) >= 11 is 4.12. The fraction of sp³-hybridized carbons (Fsp3) is 0.400. The second kappa shape index (κ2) is 2.31. The third kappa shape index (κ3) is 1.03. The Bertz CT molecular complexity index is 206. The van der Waals surface area contributed by atoms with Crippen molar-refractivity contribution in [1.29, 1.82) is 0 Å². The van der Waals surface area contributed by atoms with Crippen LogP contribution in [0, 0.1) is 0 Å². The lowest BCUT2D eigenvalue weighted by molar-refractivity contribution is 0.962. The van der Waals surface area contributed by atoms with Crippen LogP contribution >= 0.6 is 12.6 Å². The summed E-state index contributed by atoms with van der Waals surface area (Å²) in [6.45, 7) is 2.02. The first-order valence-electron chi connectivity index (χ1n) is 2.77. The van der Waals surface area contributed by atoms with Gasteiger partial charge in [-0.25, -0.2) is 0 Å². The molecule has 0 aliphatic rings. The maximum atomic E-state index is 5.40. The quantitative estimate of drug-likeness (QED) is 0.510. The molecule has 4 heteroatoms. The van der Waals surface area contributed by atoms with Gasteiger partial charge in [-0.3, -0.25) is 5.10 Å². The number of hydrogen-bond acceptors (Lipinski definition) is 3. The molecule has 0 spiro atoms. The molecule has 0 bridgehead atoms. The van der Waals surface area contributed by atoms with Gasteiger partial charge in [-0.1, -0.05) is 6.92 Å². The molecule has 3 N–H and O–H groups in total. The first-order valence-corrected chi connectivity index (χ1v) is 3.22. The molecule has 0 unspecified atom stereocenters. The zero-order valence-corrected chi connectivity index (χ0v) is 6.07. The highest BCUT2D eigenvalue weighted by Gasteiger charge is 2.02. The second-order valence-corrected chi connectivity index (χ2v) is 2.24. The Labute approximate surface area is 59.1 Å². The number of aryl methyl sites for hydroxylation is 1.